The predicted octanol–water partition coefficient (Wildman–Crippen LogP) is 16.8. The summed E-state index contributed by atoms with van der Waals surface area (Å²) in [6.07, 6.45) is 6.19. The van der Waals surface area contributed by atoms with E-state index < -0.39 is 0 Å². The molecule has 6 nitrogen and oxygen atoms in total. The quantitative estimate of drug-likeness (QED) is 0.156. The highest BCUT2D eigenvalue weighted by Crippen LogP contribution is 2.46. The molecule has 9 heterocycles. The Morgan fingerprint density at radius 3 is 0.848 bits per heavy atom. The van der Waals surface area contributed by atoms with Gasteiger partial charge in [0.2, 0.25) is 6.71 Å². The molecule has 0 atom stereocenters. The lowest BCUT2D eigenvalue weighted by Crippen LogP contribution is -2.52. The summed E-state index contributed by atoms with van der Waals surface area (Å²) in [5.74, 6) is 2.61. The zero-order chi connectivity index (χ0) is 51.4. The Morgan fingerprint density at radius 2 is 0.544 bits per heavy atom. The van der Waals surface area contributed by atoms with Crippen molar-refractivity contribution in [1.29, 1.82) is 0 Å². The fourth-order valence-electron chi connectivity index (χ4n) is 13.1. The van der Waals surface area contributed by atoms with Crippen molar-refractivity contribution in [1.82, 2.24) is 28.7 Å². The molecule has 9 aromatic carbocycles. The molecule has 0 saturated heterocycles. The molecule has 0 bridgehead atoms. The number of para-hydroxylation sites is 3. The fourth-order valence-corrected chi connectivity index (χ4v) is 16.9. The Bertz CT molecular complexity index is 5020. The zero-order valence-corrected chi connectivity index (χ0v) is 44.5. The highest BCUT2D eigenvalue weighted by Gasteiger charge is 2.27. The van der Waals surface area contributed by atoms with Gasteiger partial charge in [0, 0.05) is 111 Å². The van der Waals surface area contributed by atoms with E-state index in [0.29, 0.717) is 0 Å². The Labute approximate surface area is 463 Å². The normalized spacial score (nSPS) is 12.3. The SMILES string of the molecule is c1ccc2c(c1)sc1c2ccc2c1c1ccccc1n2-c1ccc(B(c2ccc(-n3c4ccccc4c4c5sc6ccccc6c5ccc43)nc2)c2ccc(-n3c4ccccc4c4c5sc6ccccc6c5ccc43)nc2)cn1. The van der Waals surface area contributed by atoms with Gasteiger partial charge in [0.15, 0.2) is 0 Å². The molecule has 0 fully saturated rings. The van der Waals surface area contributed by atoms with Gasteiger partial charge in [-0.15, -0.1) is 34.0 Å². The van der Waals surface area contributed by atoms with Crippen molar-refractivity contribution >= 4 is 183 Å². The van der Waals surface area contributed by atoms with Crippen molar-refractivity contribution in [3.8, 4) is 17.5 Å². The summed E-state index contributed by atoms with van der Waals surface area (Å²) in [6, 6.07) is 79.5. The smallest absolute Gasteiger partial charge is 0.247 e. The number of aromatic nitrogens is 6. The van der Waals surface area contributed by atoms with Gasteiger partial charge in [0.25, 0.3) is 0 Å². The van der Waals surface area contributed by atoms with Gasteiger partial charge in [-0.3, -0.25) is 13.7 Å². The summed E-state index contributed by atoms with van der Waals surface area (Å²) in [4.78, 5) is 16.1. The standard InChI is InChI=1S/C69H39BN6S3/c1-7-19-52-49(16-1)64-55(31-28-46-43-13-4-10-22-58(43)77-67(46)64)74(52)61-34-25-40(37-71-61)70(41-26-35-62(72-38-41)75-53-20-8-2-17-50(53)65-56(75)32-29-47-44-14-5-11-23-59(44)78-68(47)65)42-27-36-63(73-39-42)76-54-21-9-3-18-51(54)66-57(76)33-30-48-45-15-6-12-24-60(45)79-69(48)66/h1-39H. The highest BCUT2D eigenvalue weighted by molar-refractivity contribution is 7.27. The molecule has 0 spiro atoms. The number of fused-ring (bicyclic) bond motifs is 21. The van der Waals surface area contributed by atoms with Crippen LogP contribution < -0.4 is 16.4 Å². The van der Waals surface area contributed by atoms with Crippen LogP contribution >= 0.6 is 34.0 Å². The number of thiophene rings is 3. The van der Waals surface area contributed by atoms with Crippen molar-refractivity contribution in [2.75, 3.05) is 0 Å². The molecule has 10 heteroatoms. The first-order valence-electron chi connectivity index (χ1n) is 26.6. The van der Waals surface area contributed by atoms with Gasteiger partial charge in [-0.25, -0.2) is 15.0 Å². The molecule has 0 radical (unpaired) electrons. The van der Waals surface area contributed by atoms with E-state index in [2.05, 4.69) is 251 Å². The number of benzene rings is 9. The minimum Gasteiger partial charge on any atom is -0.294 e. The van der Waals surface area contributed by atoms with Gasteiger partial charge < -0.3 is 0 Å². The maximum Gasteiger partial charge on any atom is 0.247 e. The van der Waals surface area contributed by atoms with E-state index in [1.165, 1.54) is 92.8 Å². The van der Waals surface area contributed by atoms with E-state index in [1.807, 2.05) is 34.0 Å². The molecule has 18 aromatic rings. The number of hydrogen-bond acceptors (Lipinski definition) is 6. The van der Waals surface area contributed by atoms with Crippen LogP contribution in [0, 0.1) is 0 Å². The van der Waals surface area contributed by atoms with Crippen LogP contribution in [0.1, 0.15) is 0 Å². The summed E-state index contributed by atoms with van der Waals surface area (Å²) in [6.45, 7) is -0.228. The molecule has 0 aliphatic heterocycles. The van der Waals surface area contributed by atoms with Crippen LogP contribution in [0.4, 0.5) is 0 Å². The zero-order valence-electron chi connectivity index (χ0n) is 42.0. The van der Waals surface area contributed by atoms with Crippen LogP contribution in [0.3, 0.4) is 0 Å². The van der Waals surface area contributed by atoms with Crippen molar-refractivity contribution in [2.45, 2.75) is 0 Å². The molecular weight excluding hydrogens is 1020 g/mol. The van der Waals surface area contributed by atoms with Crippen molar-refractivity contribution in [2.24, 2.45) is 0 Å². The van der Waals surface area contributed by atoms with Gasteiger partial charge in [-0.2, -0.15) is 0 Å². The molecule has 0 aliphatic rings. The van der Waals surface area contributed by atoms with Gasteiger partial charge >= 0.3 is 0 Å². The summed E-state index contributed by atoms with van der Waals surface area (Å²) < 4.78 is 14.8. The second-order valence-electron chi connectivity index (χ2n) is 20.6. The van der Waals surface area contributed by atoms with Crippen LogP contribution in [-0.4, -0.2) is 35.4 Å². The van der Waals surface area contributed by atoms with Gasteiger partial charge in [0.1, 0.15) is 17.5 Å². The van der Waals surface area contributed by atoms with Gasteiger partial charge in [-0.05, 0) is 72.8 Å². The maximum absolute atomic E-state index is 5.37. The van der Waals surface area contributed by atoms with Crippen molar-refractivity contribution in [3.63, 3.8) is 0 Å². The summed E-state index contributed by atoms with van der Waals surface area (Å²) in [5.41, 5.74) is 9.99. The van der Waals surface area contributed by atoms with E-state index in [9.17, 15) is 0 Å². The summed E-state index contributed by atoms with van der Waals surface area (Å²) in [7, 11) is 0. The monoisotopic (exact) mass is 1060 g/mol. The number of pyridine rings is 3. The third-order valence-corrected chi connectivity index (χ3v) is 20.2. The molecule has 9 aromatic heterocycles. The Balaban J connectivity index is 0.796. The summed E-state index contributed by atoms with van der Waals surface area (Å²) >= 11 is 5.62. The first kappa shape index (κ1) is 43.6. The average Bonchev–Trinajstić information content (AvgIpc) is 4.33. The largest absolute Gasteiger partial charge is 0.294 e. The third-order valence-electron chi connectivity index (χ3n) is 16.5. The lowest BCUT2D eigenvalue weighted by molar-refractivity contribution is 1.08. The Kier molecular flexibility index (Phi) is 9.13. The molecule has 79 heavy (non-hydrogen) atoms. The molecule has 0 amide bonds. The van der Waals surface area contributed by atoms with E-state index in [1.54, 1.807) is 0 Å². The fraction of sp³-hybridized carbons (Fsp3) is 0. The molecule has 0 aliphatic carbocycles. The van der Waals surface area contributed by atoms with Crippen molar-refractivity contribution in [3.05, 3.63) is 237 Å². The third kappa shape index (κ3) is 6.19. The molecule has 0 unspecified atom stereocenters. The Morgan fingerprint density at radius 1 is 0.253 bits per heavy atom. The molecular formula is C69H39BN6S3. The molecule has 0 N–H and O–H groups in total. The van der Waals surface area contributed by atoms with Gasteiger partial charge in [-0.1, -0.05) is 162 Å². The van der Waals surface area contributed by atoms with E-state index in [4.69, 9.17) is 15.0 Å². The second kappa shape index (κ2) is 16.5. The Hall–Kier alpha value is -9.45. The van der Waals surface area contributed by atoms with Crippen LogP contribution in [-0.2, 0) is 0 Å². The lowest BCUT2D eigenvalue weighted by Gasteiger charge is -2.17. The topological polar surface area (TPSA) is 53.5 Å². The van der Waals surface area contributed by atoms with Crippen LogP contribution in [0.2, 0.25) is 0 Å². The number of nitrogens with zero attached hydrogens (tertiary/aromatic N) is 6. The van der Waals surface area contributed by atoms with E-state index >= 15 is 0 Å². The van der Waals surface area contributed by atoms with E-state index in [0.717, 1.165) is 66.9 Å². The first-order chi connectivity index (χ1) is 39.2. The lowest BCUT2D eigenvalue weighted by atomic mass is 9.37. The van der Waals surface area contributed by atoms with E-state index in [-0.39, 0.29) is 6.71 Å². The second-order valence-corrected chi connectivity index (χ2v) is 23.8. The van der Waals surface area contributed by atoms with Crippen molar-refractivity contribution < 1.29 is 0 Å². The van der Waals surface area contributed by atoms with Gasteiger partial charge in [0.05, 0.1) is 33.1 Å². The van der Waals surface area contributed by atoms with Crippen LogP contribution in [0.5, 0.6) is 0 Å². The first-order valence-corrected chi connectivity index (χ1v) is 29.0. The predicted molar refractivity (Wildman–Crippen MR) is 339 cm³/mol. The molecule has 0 saturated carbocycles. The molecule has 18 rings (SSSR count). The number of hydrogen-bond donors (Lipinski definition) is 0. The van der Waals surface area contributed by atoms with Crippen LogP contribution in [0.25, 0.3) is 143 Å². The minimum absolute atomic E-state index is 0.228. The van der Waals surface area contributed by atoms with Crippen LogP contribution in [0.15, 0.2) is 237 Å². The highest BCUT2D eigenvalue weighted by atomic mass is 32.1. The average molecular weight is 1060 g/mol. The minimum atomic E-state index is -0.228. The molecule has 366 valence electrons. The number of rotatable bonds is 6. The summed E-state index contributed by atoms with van der Waals surface area (Å²) in [5, 5.41) is 15.2. The maximum atomic E-state index is 5.37.